The molecule has 0 atom stereocenters. The Kier molecular flexibility index (Phi) is 11.5. The van der Waals surface area contributed by atoms with Crippen molar-refractivity contribution in [2.45, 2.75) is 4.90 Å². The Labute approximate surface area is 286 Å². The van der Waals surface area contributed by atoms with Crippen molar-refractivity contribution in [3.8, 4) is 28.5 Å². The van der Waals surface area contributed by atoms with Gasteiger partial charge in [0.25, 0.3) is 11.8 Å². The van der Waals surface area contributed by atoms with E-state index in [9.17, 15) is 14.4 Å². The highest BCUT2D eigenvalue weighted by Gasteiger charge is 2.16. The van der Waals surface area contributed by atoms with E-state index in [0.29, 0.717) is 44.9 Å². The molecule has 0 spiro atoms. The van der Waals surface area contributed by atoms with E-state index in [1.54, 1.807) is 106 Å². The van der Waals surface area contributed by atoms with E-state index < -0.39 is 11.8 Å². The molecule has 48 heavy (non-hydrogen) atoms. The minimum atomic E-state index is -0.502. The fraction of sp³-hybridized carbons (Fsp3) is 0.111. The zero-order chi connectivity index (χ0) is 33.9. The Morgan fingerprint density at radius 3 is 2.31 bits per heavy atom. The lowest BCUT2D eigenvalue weighted by Crippen LogP contribution is -2.30. The SMILES string of the molecule is COc1cccc(/C=C(\NC(=O)c2ccccc2)C(=O)Nc2ccc(SCC(=O)Nc3nc(-c4ccc(OC)c(OC)c4)cs3)cc2)c1. The second-order valence-corrected chi connectivity index (χ2v) is 12.0. The van der Waals surface area contributed by atoms with Crippen molar-refractivity contribution < 1.29 is 28.6 Å². The highest BCUT2D eigenvalue weighted by atomic mass is 32.2. The molecule has 1 aromatic heterocycles. The summed E-state index contributed by atoms with van der Waals surface area (Å²) >= 11 is 2.68. The number of rotatable bonds is 13. The zero-order valence-electron chi connectivity index (χ0n) is 26.3. The van der Waals surface area contributed by atoms with Gasteiger partial charge in [-0.15, -0.1) is 23.1 Å². The summed E-state index contributed by atoms with van der Waals surface area (Å²) in [5.74, 6) is 0.873. The second-order valence-electron chi connectivity index (χ2n) is 10.1. The van der Waals surface area contributed by atoms with Gasteiger partial charge in [0.05, 0.1) is 32.8 Å². The van der Waals surface area contributed by atoms with Gasteiger partial charge in [0.15, 0.2) is 16.6 Å². The van der Waals surface area contributed by atoms with Crippen LogP contribution in [0.15, 0.2) is 113 Å². The average Bonchev–Trinajstić information content (AvgIpc) is 3.59. The van der Waals surface area contributed by atoms with Crippen LogP contribution in [0.3, 0.4) is 0 Å². The number of anilines is 2. The molecule has 3 N–H and O–H groups in total. The number of carbonyl (C=O) groups excluding carboxylic acids is 3. The average molecular weight is 681 g/mol. The summed E-state index contributed by atoms with van der Waals surface area (Å²) < 4.78 is 16.0. The van der Waals surface area contributed by atoms with Crippen LogP contribution in [0, 0.1) is 0 Å². The van der Waals surface area contributed by atoms with Crippen molar-refractivity contribution in [1.29, 1.82) is 0 Å². The molecule has 0 aliphatic heterocycles. The Morgan fingerprint density at radius 2 is 1.58 bits per heavy atom. The van der Waals surface area contributed by atoms with Crippen molar-refractivity contribution >= 4 is 57.7 Å². The first-order valence-electron chi connectivity index (χ1n) is 14.6. The smallest absolute Gasteiger partial charge is 0.272 e. The fourth-order valence-corrected chi connectivity index (χ4v) is 5.87. The highest BCUT2D eigenvalue weighted by molar-refractivity contribution is 8.00. The van der Waals surface area contributed by atoms with Crippen molar-refractivity contribution in [2.24, 2.45) is 0 Å². The number of benzene rings is 4. The number of aromatic nitrogens is 1. The molecule has 0 fully saturated rings. The largest absolute Gasteiger partial charge is 0.497 e. The number of thiazole rings is 1. The van der Waals surface area contributed by atoms with Crippen LogP contribution in [0.1, 0.15) is 15.9 Å². The summed E-state index contributed by atoms with van der Waals surface area (Å²) in [5, 5.41) is 10.8. The van der Waals surface area contributed by atoms with E-state index in [-0.39, 0.29) is 17.4 Å². The van der Waals surface area contributed by atoms with Gasteiger partial charge in [0.1, 0.15) is 11.4 Å². The predicted octanol–water partition coefficient (Wildman–Crippen LogP) is 6.98. The van der Waals surface area contributed by atoms with Crippen molar-refractivity contribution in [1.82, 2.24) is 10.3 Å². The zero-order valence-corrected chi connectivity index (χ0v) is 27.9. The molecule has 1 heterocycles. The third-order valence-electron chi connectivity index (χ3n) is 6.85. The number of hydrogen-bond donors (Lipinski definition) is 3. The van der Waals surface area contributed by atoms with Crippen LogP contribution in [-0.4, -0.2) is 49.8 Å². The maximum absolute atomic E-state index is 13.4. The summed E-state index contributed by atoms with van der Waals surface area (Å²) in [6.45, 7) is 0. The van der Waals surface area contributed by atoms with Gasteiger partial charge >= 0.3 is 0 Å². The summed E-state index contributed by atoms with van der Waals surface area (Å²) in [6, 6.07) is 28.4. The third kappa shape index (κ3) is 9.02. The van der Waals surface area contributed by atoms with E-state index in [1.807, 2.05) is 23.6 Å². The summed E-state index contributed by atoms with van der Waals surface area (Å²) in [5.41, 5.74) is 3.22. The van der Waals surface area contributed by atoms with Crippen LogP contribution in [0.2, 0.25) is 0 Å². The Morgan fingerprint density at radius 1 is 0.812 bits per heavy atom. The lowest BCUT2D eigenvalue weighted by Gasteiger charge is -2.12. The molecule has 0 aliphatic carbocycles. The number of carbonyl (C=O) groups is 3. The number of amides is 3. The molecule has 5 aromatic rings. The molecule has 0 saturated heterocycles. The fourth-order valence-electron chi connectivity index (χ4n) is 4.44. The highest BCUT2D eigenvalue weighted by Crippen LogP contribution is 2.33. The molecule has 10 nitrogen and oxygen atoms in total. The van der Waals surface area contributed by atoms with Gasteiger partial charge in [-0.1, -0.05) is 30.3 Å². The predicted molar refractivity (Wildman–Crippen MR) is 190 cm³/mol. The number of hydrogen-bond acceptors (Lipinski definition) is 9. The molecule has 0 saturated carbocycles. The van der Waals surface area contributed by atoms with Gasteiger partial charge in [0, 0.05) is 27.1 Å². The van der Waals surface area contributed by atoms with Crippen molar-refractivity contribution in [3.05, 3.63) is 119 Å². The van der Waals surface area contributed by atoms with Crippen LogP contribution >= 0.6 is 23.1 Å². The topological polar surface area (TPSA) is 128 Å². The third-order valence-corrected chi connectivity index (χ3v) is 8.62. The van der Waals surface area contributed by atoms with Crippen molar-refractivity contribution in [2.75, 3.05) is 37.7 Å². The number of nitrogens with one attached hydrogen (secondary N) is 3. The second kappa shape index (κ2) is 16.3. The van der Waals surface area contributed by atoms with E-state index in [4.69, 9.17) is 14.2 Å². The molecule has 4 aromatic carbocycles. The Balaban J connectivity index is 1.19. The van der Waals surface area contributed by atoms with Gasteiger partial charge < -0.3 is 30.2 Å². The summed E-state index contributed by atoms with van der Waals surface area (Å²) in [4.78, 5) is 44.3. The lowest BCUT2D eigenvalue weighted by molar-refractivity contribution is -0.114. The molecule has 5 rings (SSSR count). The van der Waals surface area contributed by atoms with Crippen LogP contribution in [0.5, 0.6) is 17.2 Å². The van der Waals surface area contributed by atoms with Crippen LogP contribution in [-0.2, 0) is 9.59 Å². The Hall–Kier alpha value is -5.59. The molecular formula is C36H32N4O6S2. The standard InChI is InChI=1S/C36H32N4O6S2/c1-44-27-11-7-8-23(18-27)19-29(38-34(42)24-9-5-4-6-10-24)35(43)37-26-13-15-28(16-14-26)47-22-33(41)40-36-39-30(21-48-36)25-12-17-31(45-2)32(20-25)46-3/h4-21H,22H2,1-3H3,(H,37,43)(H,38,42)(H,39,40,41)/b29-19-. The molecule has 0 aliphatic rings. The van der Waals surface area contributed by atoms with Crippen molar-refractivity contribution in [3.63, 3.8) is 0 Å². The van der Waals surface area contributed by atoms with Crippen LogP contribution < -0.4 is 30.2 Å². The van der Waals surface area contributed by atoms with E-state index in [1.165, 1.54) is 23.1 Å². The number of nitrogens with zero attached hydrogens (tertiary/aromatic N) is 1. The molecule has 244 valence electrons. The first-order valence-corrected chi connectivity index (χ1v) is 16.5. The number of methoxy groups -OCH3 is 3. The van der Waals surface area contributed by atoms with E-state index >= 15 is 0 Å². The number of ether oxygens (including phenoxy) is 3. The van der Waals surface area contributed by atoms with Gasteiger partial charge in [-0.3, -0.25) is 14.4 Å². The van der Waals surface area contributed by atoms with E-state index in [2.05, 4.69) is 20.9 Å². The van der Waals surface area contributed by atoms with Gasteiger partial charge in [0.2, 0.25) is 5.91 Å². The molecule has 0 unspecified atom stereocenters. The normalized spacial score (nSPS) is 10.9. The quantitative estimate of drug-likeness (QED) is 0.0899. The minimum absolute atomic E-state index is 0.0590. The molecule has 0 radical (unpaired) electrons. The monoisotopic (exact) mass is 680 g/mol. The molecule has 3 amide bonds. The van der Waals surface area contributed by atoms with Gasteiger partial charge in [-0.05, 0) is 78.4 Å². The summed E-state index contributed by atoms with van der Waals surface area (Å²) in [7, 11) is 4.71. The molecular weight excluding hydrogens is 649 g/mol. The van der Waals surface area contributed by atoms with E-state index in [0.717, 1.165) is 10.5 Å². The van der Waals surface area contributed by atoms with Crippen LogP contribution in [0.4, 0.5) is 10.8 Å². The Bertz CT molecular complexity index is 1930. The molecule has 0 bridgehead atoms. The number of thioether (sulfide) groups is 1. The first kappa shape index (κ1) is 33.8. The lowest BCUT2D eigenvalue weighted by atomic mass is 10.1. The van der Waals surface area contributed by atoms with Crippen LogP contribution in [0.25, 0.3) is 17.3 Å². The maximum atomic E-state index is 13.4. The maximum Gasteiger partial charge on any atom is 0.272 e. The molecule has 12 heteroatoms. The summed E-state index contributed by atoms with van der Waals surface area (Å²) in [6.07, 6.45) is 1.58. The van der Waals surface area contributed by atoms with Gasteiger partial charge in [-0.25, -0.2) is 4.98 Å². The first-order chi connectivity index (χ1) is 23.3. The minimum Gasteiger partial charge on any atom is -0.497 e. The van der Waals surface area contributed by atoms with Gasteiger partial charge in [-0.2, -0.15) is 0 Å².